The topological polar surface area (TPSA) is 73.1 Å². The Kier molecular flexibility index (Phi) is 4.97. The third-order valence-corrected chi connectivity index (χ3v) is 5.34. The molecule has 0 radical (unpaired) electrons. The maximum absolute atomic E-state index is 13.1. The second-order valence-corrected chi connectivity index (χ2v) is 7.32. The van der Waals surface area contributed by atoms with Gasteiger partial charge in [-0.1, -0.05) is 18.6 Å². The van der Waals surface area contributed by atoms with E-state index >= 15 is 0 Å². The Hall–Kier alpha value is -2.28. The Morgan fingerprint density at radius 3 is 2.58 bits per heavy atom. The van der Waals surface area contributed by atoms with Gasteiger partial charge in [-0.3, -0.25) is 4.79 Å². The van der Waals surface area contributed by atoms with Gasteiger partial charge in [-0.15, -0.1) is 10.2 Å². The van der Waals surface area contributed by atoms with E-state index in [0.29, 0.717) is 23.9 Å². The molecule has 0 bridgehead atoms. The number of carbonyl (C=O) groups is 1. The lowest BCUT2D eigenvalue weighted by molar-refractivity contribution is 0.0448. The average molecular weight is 355 g/mol. The van der Waals surface area contributed by atoms with Gasteiger partial charge in [0.25, 0.3) is 5.91 Å². The van der Waals surface area contributed by atoms with Gasteiger partial charge in [-0.2, -0.15) is 4.80 Å². The van der Waals surface area contributed by atoms with E-state index in [2.05, 4.69) is 15.4 Å². The van der Waals surface area contributed by atoms with E-state index in [-0.39, 0.29) is 12.0 Å². The third kappa shape index (κ3) is 3.77. The Morgan fingerprint density at radius 2 is 2.00 bits per heavy atom. The Bertz CT molecular complexity index is 748. The number of hydrogen-bond donors (Lipinski definition) is 0. The van der Waals surface area contributed by atoms with Gasteiger partial charge in [0.1, 0.15) is 0 Å². The molecule has 1 aromatic carbocycles. The van der Waals surface area contributed by atoms with Crippen molar-refractivity contribution in [1.82, 2.24) is 25.1 Å². The Labute approximate surface area is 153 Å². The number of ether oxygens (including phenoxy) is 1. The summed E-state index contributed by atoms with van der Waals surface area (Å²) in [7, 11) is 1.73. The molecule has 2 aromatic rings. The lowest BCUT2D eigenvalue weighted by Crippen LogP contribution is -2.41. The fourth-order valence-corrected chi connectivity index (χ4v) is 3.61. The molecule has 138 valence electrons. The van der Waals surface area contributed by atoms with Crippen molar-refractivity contribution in [2.24, 2.45) is 13.0 Å². The van der Waals surface area contributed by atoms with Crippen LogP contribution in [0.4, 0.5) is 0 Å². The zero-order valence-corrected chi connectivity index (χ0v) is 15.2. The smallest absolute Gasteiger partial charge is 0.253 e. The van der Waals surface area contributed by atoms with Gasteiger partial charge >= 0.3 is 0 Å². The highest BCUT2D eigenvalue weighted by molar-refractivity contribution is 5.94. The summed E-state index contributed by atoms with van der Waals surface area (Å²) in [6, 6.07) is 7.49. The van der Waals surface area contributed by atoms with E-state index in [0.717, 1.165) is 31.6 Å². The van der Waals surface area contributed by atoms with Crippen LogP contribution in [0.3, 0.4) is 0 Å². The zero-order valence-electron chi connectivity index (χ0n) is 15.2. The predicted octanol–water partition coefficient (Wildman–Crippen LogP) is 2.30. The molecule has 1 saturated carbocycles. The summed E-state index contributed by atoms with van der Waals surface area (Å²) < 4.78 is 5.76. The summed E-state index contributed by atoms with van der Waals surface area (Å²) in [5.41, 5.74) is 1.56. The third-order valence-electron chi connectivity index (χ3n) is 5.34. The number of aromatic nitrogens is 4. The average Bonchev–Trinajstić information content (AvgIpc) is 3.28. The minimum atomic E-state index is 0.0889. The highest BCUT2D eigenvalue weighted by Gasteiger charge is 2.28. The molecule has 0 unspecified atom stereocenters. The molecule has 2 heterocycles. The van der Waals surface area contributed by atoms with Gasteiger partial charge in [-0.05, 0) is 48.9 Å². The summed E-state index contributed by atoms with van der Waals surface area (Å²) >= 11 is 0. The first-order valence-electron chi connectivity index (χ1n) is 9.44. The highest BCUT2D eigenvalue weighted by atomic mass is 16.5. The monoisotopic (exact) mass is 355 g/mol. The summed E-state index contributed by atoms with van der Waals surface area (Å²) in [6.07, 6.45) is 6.06. The first-order valence-corrected chi connectivity index (χ1v) is 9.44. The van der Waals surface area contributed by atoms with Crippen molar-refractivity contribution in [2.45, 2.75) is 38.2 Å². The number of amides is 1. The number of tetrazole rings is 1. The predicted molar refractivity (Wildman–Crippen MR) is 96.5 cm³/mol. The molecule has 4 rings (SSSR count). The summed E-state index contributed by atoms with van der Waals surface area (Å²) in [5, 5.41) is 12.1. The number of benzene rings is 1. The lowest BCUT2D eigenvalue weighted by Gasteiger charge is -2.33. The molecule has 0 spiro atoms. The van der Waals surface area contributed by atoms with E-state index in [4.69, 9.17) is 4.74 Å². The first kappa shape index (κ1) is 17.1. The molecule has 0 N–H and O–H groups in total. The van der Waals surface area contributed by atoms with Crippen molar-refractivity contribution in [3.63, 3.8) is 0 Å². The van der Waals surface area contributed by atoms with Gasteiger partial charge in [0, 0.05) is 30.8 Å². The van der Waals surface area contributed by atoms with Gasteiger partial charge in [0.2, 0.25) is 5.82 Å². The molecule has 2 fully saturated rings. The number of carbonyl (C=O) groups excluding carboxylic acids is 1. The van der Waals surface area contributed by atoms with Gasteiger partial charge in [0.15, 0.2) is 0 Å². The molecule has 1 aliphatic carbocycles. The van der Waals surface area contributed by atoms with Gasteiger partial charge < -0.3 is 9.64 Å². The van der Waals surface area contributed by atoms with Gasteiger partial charge in [0.05, 0.1) is 13.2 Å². The van der Waals surface area contributed by atoms with Crippen LogP contribution in [0.5, 0.6) is 0 Å². The molecule has 7 heteroatoms. The Morgan fingerprint density at radius 1 is 1.19 bits per heavy atom. The van der Waals surface area contributed by atoms with Crippen LogP contribution in [-0.4, -0.2) is 56.8 Å². The van der Waals surface area contributed by atoms with Crippen molar-refractivity contribution in [1.29, 1.82) is 0 Å². The van der Waals surface area contributed by atoms with Crippen LogP contribution >= 0.6 is 0 Å². The van der Waals surface area contributed by atoms with E-state index in [1.54, 1.807) is 7.05 Å². The molecule has 1 atom stereocenters. The van der Waals surface area contributed by atoms with Crippen molar-refractivity contribution < 1.29 is 9.53 Å². The molecule has 26 heavy (non-hydrogen) atoms. The second kappa shape index (κ2) is 7.53. The van der Waals surface area contributed by atoms with E-state index in [1.807, 2.05) is 29.2 Å². The number of rotatable bonds is 6. The van der Waals surface area contributed by atoms with Crippen molar-refractivity contribution in [2.75, 3.05) is 19.7 Å². The van der Waals surface area contributed by atoms with Crippen molar-refractivity contribution >= 4 is 5.91 Å². The standard InChI is InChI=1S/C19H25N5O2/c1-23-21-18(20-22-23)15-7-9-16(10-8-15)19(25)24(12-14-4-2-5-14)13-17-6-3-11-26-17/h7-10,14,17H,2-6,11-13H2,1H3/t17-/m0/s1. The maximum atomic E-state index is 13.1. The van der Waals surface area contributed by atoms with Crippen LogP contribution in [0.15, 0.2) is 24.3 Å². The van der Waals surface area contributed by atoms with E-state index in [1.165, 1.54) is 24.1 Å². The summed E-state index contributed by atoms with van der Waals surface area (Å²) in [4.78, 5) is 16.5. The molecule has 1 aromatic heterocycles. The molecular formula is C19H25N5O2. The van der Waals surface area contributed by atoms with Crippen LogP contribution in [0, 0.1) is 5.92 Å². The molecule has 1 aliphatic heterocycles. The largest absolute Gasteiger partial charge is 0.376 e. The fraction of sp³-hybridized carbons (Fsp3) is 0.579. The zero-order chi connectivity index (χ0) is 17.9. The Balaban J connectivity index is 1.48. The molecular weight excluding hydrogens is 330 g/mol. The van der Waals surface area contributed by atoms with Gasteiger partial charge in [-0.25, -0.2) is 0 Å². The number of nitrogens with zero attached hydrogens (tertiary/aromatic N) is 5. The SMILES string of the molecule is Cn1nnc(-c2ccc(C(=O)N(CC3CCC3)C[C@@H]3CCCO3)cc2)n1. The quantitative estimate of drug-likeness (QED) is 0.795. The molecule has 2 aliphatic rings. The summed E-state index contributed by atoms with van der Waals surface area (Å²) in [6.45, 7) is 2.35. The fourth-order valence-electron chi connectivity index (χ4n) is 3.61. The van der Waals surface area contributed by atoms with E-state index < -0.39 is 0 Å². The first-order chi connectivity index (χ1) is 12.7. The maximum Gasteiger partial charge on any atom is 0.253 e. The van der Waals surface area contributed by atoms with E-state index in [9.17, 15) is 4.79 Å². The number of aryl methyl sites for hydroxylation is 1. The lowest BCUT2D eigenvalue weighted by atomic mass is 9.85. The summed E-state index contributed by atoms with van der Waals surface area (Å²) in [5.74, 6) is 1.30. The minimum Gasteiger partial charge on any atom is -0.376 e. The number of hydrogen-bond acceptors (Lipinski definition) is 5. The second-order valence-electron chi connectivity index (χ2n) is 7.32. The molecule has 1 saturated heterocycles. The van der Waals surface area contributed by atoms with Crippen molar-refractivity contribution in [3.05, 3.63) is 29.8 Å². The van der Waals surface area contributed by atoms with Crippen LogP contribution < -0.4 is 0 Å². The highest BCUT2D eigenvalue weighted by Crippen LogP contribution is 2.28. The molecule has 7 nitrogen and oxygen atoms in total. The van der Waals surface area contributed by atoms with Crippen LogP contribution in [0.25, 0.3) is 11.4 Å². The minimum absolute atomic E-state index is 0.0889. The normalized spacial score (nSPS) is 20.1. The van der Waals surface area contributed by atoms with Crippen LogP contribution in [0.2, 0.25) is 0 Å². The molecule has 1 amide bonds. The van der Waals surface area contributed by atoms with Crippen molar-refractivity contribution in [3.8, 4) is 11.4 Å². The van der Waals surface area contributed by atoms with Crippen LogP contribution in [0.1, 0.15) is 42.5 Å². The van der Waals surface area contributed by atoms with Crippen LogP contribution in [-0.2, 0) is 11.8 Å².